The van der Waals surface area contributed by atoms with E-state index >= 15 is 0 Å². The topological polar surface area (TPSA) is 87.0 Å². The lowest BCUT2D eigenvalue weighted by molar-refractivity contribution is -0.128. The summed E-state index contributed by atoms with van der Waals surface area (Å²) >= 11 is 1.37. The van der Waals surface area contributed by atoms with E-state index in [2.05, 4.69) is 21.9 Å². The Hall–Kier alpha value is -2.85. The molecule has 2 aromatic rings. The van der Waals surface area contributed by atoms with Gasteiger partial charge in [-0.3, -0.25) is 10.2 Å². The Morgan fingerprint density at radius 2 is 2.16 bits per heavy atom. The highest BCUT2D eigenvalue weighted by Crippen LogP contribution is 2.21. The first kappa shape index (κ1) is 18.5. The van der Waals surface area contributed by atoms with Crippen LogP contribution in [0.5, 0.6) is 5.75 Å². The highest BCUT2D eigenvalue weighted by molar-refractivity contribution is 7.10. The van der Waals surface area contributed by atoms with Crippen molar-refractivity contribution in [2.75, 3.05) is 0 Å². The van der Waals surface area contributed by atoms with E-state index in [1.165, 1.54) is 17.5 Å². The van der Waals surface area contributed by atoms with E-state index in [1.54, 1.807) is 6.92 Å². The predicted octanol–water partition coefficient (Wildman–Crippen LogP) is 3.02. The summed E-state index contributed by atoms with van der Waals surface area (Å²) in [5, 5.41) is 11.6. The molecular formula is C18H20N4O2S. The van der Waals surface area contributed by atoms with Crippen molar-refractivity contribution in [3.63, 3.8) is 0 Å². The van der Waals surface area contributed by atoms with Crippen LogP contribution in [-0.4, -0.2) is 17.0 Å². The minimum Gasteiger partial charge on any atom is -0.481 e. The molecule has 2 N–H and O–H groups in total. The van der Waals surface area contributed by atoms with Crippen molar-refractivity contribution in [2.24, 2.45) is 0 Å². The van der Waals surface area contributed by atoms with E-state index in [-0.39, 0.29) is 5.91 Å². The Bertz CT molecular complexity index is 836. The largest absolute Gasteiger partial charge is 0.481 e. The number of nitrogens with zero attached hydrogens (tertiary/aromatic N) is 2. The van der Waals surface area contributed by atoms with Crippen molar-refractivity contribution in [3.05, 3.63) is 51.6 Å². The van der Waals surface area contributed by atoms with Crippen LogP contribution >= 0.6 is 11.3 Å². The highest BCUT2D eigenvalue weighted by atomic mass is 32.1. The van der Waals surface area contributed by atoms with Gasteiger partial charge in [-0.15, -0.1) is 11.3 Å². The van der Waals surface area contributed by atoms with Crippen molar-refractivity contribution in [2.45, 2.75) is 33.8 Å². The Kier molecular flexibility index (Phi) is 6.14. The zero-order chi connectivity index (χ0) is 18.4. The standard InChI is InChI=1S/C18H20N4O2S/c1-11-6-5-7-16(13(11)3)24-14(4)17(23)22-20-9-15(8-19)18-21-12(2)10-25-18/h5-7,9-10,14,20H,1-4H3,(H,22,23)/b15-9+/t14-/m0/s1. The summed E-state index contributed by atoms with van der Waals surface area (Å²) < 4.78 is 5.71. The molecule has 1 aromatic heterocycles. The molecule has 6 nitrogen and oxygen atoms in total. The molecule has 0 saturated heterocycles. The third-order valence-corrected chi connectivity index (χ3v) is 4.60. The van der Waals surface area contributed by atoms with Crippen LogP contribution in [-0.2, 0) is 4.79 Å². The van der Waals surface area contributed by atoms with E-state index in [1.807, 2.05) is 44.4 Å². The molecule has 0 aliphatic heterocycles. The van der Waals surface area contributed by atoms with Crippen molar-refractivity contribution < 1.29 is 9.53 Å². The zero-order valence-electron chi connectivity index (χ0n) is 14.6. The average molecular weight is 356 g/mol. The Morgan fingerprint density at radius 1 is 1.40 bits per heavy atom. The van der Waals surface area contributed by atoms with Crippen molar-refractivity contribution in [3.8, 4) is 11.8 Å². The van der Waals surface area contributed by atoms with E-state index in [4.69, 9.17) is 4.74 Å². The maximum atomic E-state index is 12.1. The Morgan fingerprint density at radius 3 is 2.80 bits per heavy atom. The highest BCUT2D eigenvalue weighted by Gasteiger charge is 2.15. The van der Waals surface area contributed by atoms with Crippen LogP contribution in [0.4, 0.5) is 0 Å². The first-order valence-electron chi connectivity index (χ1n) is 7.73. The lowest BCUT2D eigenvalue weighted by atomic mass is 10.1. The Balaban J connectivity index is 1.94. The van der Waals surface area contributed by atoms with E-state index in [0.29, 0.717) is 16.3 Å². The Labute approximate surface area is 151 Å². The molecule has 130 valence electrons. The van der Waals surface area contributed by atoms with Gasteiger partial charge in [0.15, 0.2) is 6.10 Å². The molecule has 0 radical (unpaired) electrons. The number of carbonyl (C=O) groups excluding carboxylic acids is 1. The number of ether oxygens (including phenoxy) is 1. The number of nitriles is 1. The summed E-state index contributed by atoms with van der Waals surface area (Å²) in [6.07, 6.45) is 0.731. The monoisotopic (exact) mass is 356 g/mol. The second kappa shape index (κ2) is 8.31. The van der Waals surface area contributed by atoms with E-state index < -0.39 is 6.10 Å². The van der Waals surface area contributed by atoms with Crippen LogP contribution in [0.3, 0.4) is 0 Å². The molecule has 0 spiro atoms. The van der Waals surface area contributed by atoms with Crippen LogP contribution in [0.25, 0.3) is 5.57 Å². The summed E-state index contributed by atoms with van der Waals surface area (Å²) in [5.41, 5.74) is 8.45. The minimum absolute atomic E-state index is 0.343. The molecule has 0 saturated carbocycles. The van der Waals surface area contributed by atoms with Gasteiger partial charge >= 0.3 is 0 Å². The molecule has 0 aliphatic carbocycles. The summed E-state index contributed by atoms with van der Waals surface area (Å²) in [6.45, 7) is 7.46. The van der Waals surface area contributed by atoms with Crippen LogP contribution in [0, 0.1) is 32.1 Å². The molecular weight excluding hydrogens is 336 g/mol. The summed E-state index contributed by atoms with van der Waals surface area (Å²) in [7, 11) is 0. The third-order valence-electron chi connectivity index (χ3n) is 3.61. The number of amides is 1. The lowest BCUT2D eigenvalue weighted by Crippen LogP contribution is -2.42. The predicted molar refractivity (Wildman–Crippen MR) is 97.7 cm³/mol. The second-order valence-corrected chi connectivity index (χ2v) is 6.41. The molecule has 0 aliphatic rings. The minimum atomic E-state index is -0.686. The van der Waals surface area contributed by atoms with Crippen LogP contribution in [0.15, 0.2) is 29.8 Å². The number of carbonyl (C=O) groups is 1. The normalized spacial score (nSPS) is 12.2. The molecule has 2 rings (SSSR count). The fourth-order valence-corrected chi connectivity index (χ4v) is 2.76. The van der Waals surface area contributed by atoms with Crippen LogP contribution in [0.1, 0.15) is 28.8 Å². The molecule has 25 heavy (non-hydrogen) atoms. The fraction of sp³-hybridized carbons (Fsp3) is 0.278. The van der Waals surface area contributed by atoms with Gasteiger partial charge in [-0.1, -0.05) is 12.1 Å². The number of hydrogen-bond donors (Lipinski definition) is 2. The first-order chi connectivity index (χ1) is 11.9. The quantitative estimate of drug-likeness (QED) is 0.614. The zero-order valence-corrected chi connectivity index (χ0v) is 15.4. The summed E-state index contributed by atoms with van der Waals surface area (Å²) in [5.74, 6) is 0.332. The van der Waals surface area contributed by atoms with Gasteiger partial charge in [-0.25, -0.2) is 4.98 Å². The van der Waals surface area contributed by atoms with Gasteiger partial charge in [0.25, 0.3) is 5.91 Å². The maximum absolute atomic E-state index is 12.1. The van der Waals surface area contributed by atoms with Gasteiger partial charge in [-0.2, -0.15) is 5.26 Å². The second-order valence-electron chi connectivity index (χ2n) is 5.56. The third kappa shape index (κ3) is 4.81. The molecule has 0 bridgehead atoms. The van der Waals surface area contributed by atoms with Gasteiger partial charge in [-0.05, 0) is 44.9 Å². The molecule has 1 atom stereocenters. The first-order valence-corrected chi connectivity index (χ1v) is 8.61. The SMILES string of the molecule is Cc1csc(/C(C#N)=C/NNC(=O)[C@H](C)Oc2cccc(C)c2C)n1. The van der Waals surface area contributed by atoms with E-state index in [0.717, 1.165) is 16.8 Å². The smallest absolute Gasteiger partial charge is 0.279 e. The van der Waals surface area contributed by atoms with Crippen LogP contribution < -0.4 is 15.6 Å². The van der Waals surface area contributed by atoms with Gasteiger partial charge in [0, 0.05) is 17.3 Å². The van der Waals surface area contributed by atoms with Gasteiger partial charge in [0.05, 0.1) is 0 Å². The molecule has 1 amide bonds. The number of nitrogens with one attached hydrogen (secondary N) is 2. The number of aromatic nitrogens is 1. The number of allylic oxidation sites excluding steroid dienone is 1. The lowest BCUT2D eigenvalue weighted by Gasteiger charge is -2.17. The number of hydrazine groups is 1. The van der Waals surface area contributed by atoms with Crippen molar-refractivity contribution in [1.82, 2.24) is 15.8 Å². The molecule has 1 heterocycles. The van der Waals surface area contributed by atoms with Crippen molar-refractivity contribution in [1.29, 1.82) is 5.26 Å². The summed E-state index contributed by atoms with van der Waals surface area (Å²) in [6, 6.07) is 7.76. The van der Waals surface area contributed by atoms with E-state index in [9.17, 15) is 10.1 Å². The number of benzene rings is 1. The van der Waals surface area contributed by atoms with Crippen molar-refractivity contribution >= 4 is 22.8 Å². The van der Waals surface area contributed by atoms with Crippen LogP contribution in [0.2, 0.25) is 0 Å². The number of hydrogen-bond acceptors (Lipinski definition) is 6. The maximum Gasteiger partial charge on any atom is 0.279 e. The molecule has 0 unspecified atom stereocenters. The fourth-order valence-electron chi connectivity index (χ4n) is 2.00. The molecule has 1 aromatic carbocycles. The van der Waals surface area contributed by atoms with Gasteiger partial charge < -0.3 is 10.2 Å². The van der Waals surface area contributed by atoms with Gasteiger partial charge in [0.2, 0.25) is 0 Å². The average Bonchev–Trinajstić information content (AvgIpc) is 3.01. The van der Waals surface area contributed by atoms with Gasteiger partial charge in [0.1, 0.15) is 22.4 Å². The number of aryl methyl sites for hydroxylation is 2. The molecule has 0 fully saturated rings. The number of thiazole rings is 1. The molecule has 7 heteroatoms. The summed E-state index contributed by atoms with van der Waals surface area (Å²) in [4.78, 5) is 16.4. The number of rotatable bonds is 6.